The number of hydrogen-bond acceptors (Lipinski definition) is 4. The fourth-order valence-corrected chi connectivity index (χ4v) is 2.10. The van der Waals surface area contributed by atoms with Crippen molar-refractivity contribution in [3.8, 4) is 0 Å². The lowest BCUT2D eigenvalue weighted by Gasteiger charge is -2.22. The zero-order valence-corrected chi connectivity index (χ0v) is 11.0. The van der Waals surface area contributed by atoms with Gasteiger partial charge < -0.3 is 21.0 Å². The summed E-state index contributed by atoms with van der Waals surface area (Å²) in [5.74, 6) is -1.17. The van der Waals surface area contributed by atoms with Crippen LogP contribution in [0.1, 0.15) is 25.3 Å². The van der Waals surface area contributed by atoms with Gasteiger partial charge >= 0.3 is 0 Å². The summed E-state index contributed by atoms with van der Waals surface area (Å²) in [6.07, 6.45) is 1.42. The lowest BCUT2D eigenvalue weighted by molar-refractivity contribution is -0.133. The minimum Gasteiger partial charge on any atom is -0.409 e. The Kier molecular flexibility index (Phi) is 3.89. The van der Waals surface area contributed by atoms with Crippen LogP contribution in [-0.2, 0) is 9.53 Å². The molecule has 0 bridgehead atoms. The number of carbonyl (C=O) groups excluding carboxylic acids is 1. The summed E-state index contributed by atoms with van der Waals surface area (Å²) in [4.78, 5) is 12.2. The maximum absolute atomic E-state index is 13.2. The van der Waals surface area contributed by atoms with Crippen LogP contribution in [0.4, 0.5) is 10.1 Å². The summed E-state index contributed by atoms with van der Waals surface area (Å²) in [5, 5.41) is 14.2. The van der Waals surface area contributed by atoms with E-state index in [1.807, 2.05) is 0 Å². The average molecular weight is 281 g/mol. The van der Waals surface area contributed by atoms with E-state index in [2.05, 4.69) is 10.5 Å². The van der Waals surface area contributed by atoms with Crippen LogP contribution < -0.4 is 11.1 Å². The molecule has 2 rings (SSSR count). The number of benzene rings is 1. The molecule has 1 aliphatic rings. The Morgan fingerprint density at radius 3 is 2.95 bits per heavy atom. The predicted octanol–water partition coefficient (Wildman–Crippen LogP) is 1.43. The highest BCUT2D eigenvalue weighted by atomic mass is 19.1. The van der Waals surface area contributed by atoms with Crippen molar-refractivity contribution >= 4 is 17.4 Å². The van der Waals surface area contributed by atoms with Crippen LogP contribution in [0.15, 0.2) is 23.4 Å². The fourth-order valence-electron chi connectivity index (χ4n) is 2.10. The van der Waals surface area contributed by atoms with Crippen LogP contribution in [0.5, 0.6) is 0 Å². The van der Waals surface area contributed by atoms with E-state index < -0.39 is 11.4 Å². The van der Waals surface area contributed by atoms with E-state index in [9.17, 15) is 9.18 Å². The molecule has 0 radical (unpaired) electrons. The second kappa shape index (κ2) is 5.46. The third-order valence-electron chi connectivity index (χ3n) is 3.31. The third kappa shape index (κ3) is 2.72. The van der Waals surface area contributed by atoms with Crippen LogP contribution in [0, 0.1) is 5.82 Å². The molecule has 0 aliphatic carbocycles. The minimum absolute atomic E-state index is 0.113. The van der Waals surface area contributed by atoms with Crippen molar-refractivity contribution < 1.29 is 19.1 Å². The van der Waals surface area contributed by atoms with Crippen molar-refractivity contribution in [2.45, 2.75) is 25.4 Å². The van der Waals surface area contributed by atoms with E-state index in [-0.39, 0.29) is 23.0 Å². The summed E-state index contributed by atoms with van der Waals surface area (Å²) in [7, 11) is 0. The molecule has 6 nitrogen and oxygen atoms in total. The summed E-state index contributed by atoms with van der Waals surface area (Å²) >= 11 is 0. The molecule has 1 aromatic carbocycles. The van der Waals surface area contributed by atoms with Gasteiger partial charge in [0, 0.05) is 12.2 Å². The Bertz CT molecular complexity index is 554. The molecule has 20 heavy (non-hydrogen) atoms. The first-order valence-electron chi connectivity index (χ1n) is 6.19. The Hall–Kier alpha value is -2.15. The maximum atomic E-state index is 13.2. The highest BCUT2D eigenvalue weighted by Crippen LogP contribution is 2.27. The first kappa shape index (κ1) is 14.3. The number of amidine groups is 1. The van der Waals surface area contributed by atoms with E-state index in [0.29, 0.717) is 13.0 Å². The normalized spacial score (nSPS) is 22.8. The Morgan fingerprint density at radius 1 is 1.60 bits per heavy atom. The fraction of sp³-hybridized carbons (Fsp3) is 0.385. The number of nitrogens with two attached hydrogens (primary N) is 1. The number of nitrogens with zero attached hydrogens (tertiary/aromatic N) is 1. The second-order valence-electron chi connectivity index (χ2n) is 4.81. The van der Waals surface area contributed by atoms with E-state index in [0.717, 1.165) is 12.5 Å². The van der Waals surface area contributed by atoms with Gasteiger partial charge in [0.2, 0.25) is 0 Å². The Morgan fingerprint density at radius 2 is 2.35 bits per heavy atom. The van der Waals surface area contributed by atoms with Crippen molar-refractivity contribution in [3.05, 3.63) is 29.6 Å². The molecule has 0 aromatic heterocycles. The summed E-state index contributed by atoms with van der Waals surface area (Å²) < 4.78 is 18.7. The molecule has 0 spiro atoms. The molecule has 1 heterocycles. The van der Waals surface area contributed by atoms with E-state index >= 15 is 0 Å². The number of anilines is 1. The molecular weight excluding hydrogens is 265 g/mol. The first-order valence-corrected chi connectivity index (χ1v) is 6.19. The summed E-state index contributed by atoms with van der Waals surface area (Å²) in [6.45, 7) is 2.22. The van der Waals surface area contributed by atoms with Gasteiger partial charge in [0.15, 0.2) is 5.84 Å². The smallest absolute Gasteiger partial charge is 0.256 e. The van der Waals surface area contributed by atoms with Crippen molar-refractivity contribution in [3.63, 3.8) is 0 Å². The SMILES string of the molecule is CC1(C(=O)Nc2ccc(F)cc2/C(N)=N/O)CCCO1. The number of oxime groups is 1. The molecule has 7 heteroatoms. The first-order chi connectivity index (χ1) is 9.46. The van der Waals surface area contributed by atoms with Crippen LogP contribution in [0.2, 0.25) is 0 Å². The van der Waals surface area contributed by atoms with Gasteiger partial charge in [0.05, 0.1) is 5.69 Å². The highest BCUT2D eigenvalue weighted by Gasteiger charge is 2.38. The monoisotopic (exact) mass is 281 g/mol. The topological polar surface area (TPSA) is 96.9 Å². The average Bonchev–Trinajstić information content (AvgIpc) is 2.88. The molecule has 1 fully saturated rings. The van der Waals surface area contributed by atoms with E-state index in [4.69, 9.17) is 15.7 Å². The Labute approximate surface area is 115 Å². The molecule has 1 amide bonds. The third-order valence-corrected chi connectivity index (χ3v) is 3.31. The molecule has 108 valence electrons. The second-order valence-corrected chi connectivity index (χ2v) is 4.81. The molecule has 0 saturated carbocycles. The maximum Gasteiger partial charge on any atom is 0.256 e. The van der Waals surface area contributed by atoms with Gasteiger partial charge in [-0.05, 0) is 38.0 Å². The van der Waals surface area contributed by atoms with Crippen LogP contribution in [0.25, 0.3) is 0 Å². The zero-order chi connectivity index (χ0) is 14.8. The molecular formula is C13H16FN3O3. The van der Waals surface area contributed by atoms with Gasteiger partial charge in [-0.3, -0.25) is 4.79 Å². The predicted molar refractivity (Wildman–Crippen MR) is 71.1 cm³/mol. The van der Waals surface area contributed by atoms with Crippen LogP contribution >= 0.6 is 0 Å². The molecule has 1 atom stereocenters. The van der Waals surface area contributed by atoms with Crippen molar-refractivity contribution in [1.82, 2.24) is 0 Å². The van der Waals surface area contributed by atoms with Gasteiger partial charge in [-0.15, -0.1) is 0 Å². The Balaban J connectivity index is 2.27. The largest absolute Gasteiger partial charge is 0.409 e. The van der Waals surface area contributed by atoms with E-state index in [1.54, 1.807) is 6.92 Å². The number of halogens is 1. The molecule has 1 aromatic rings. The molecule has 1 unspecified atom stereocenters. The number of hydrogen-bond donors (Lipinski definition) is 3. The lowest BCUT2D eigenvalue weighted by Crippen LogP contribution is -2.39. The summed E-state index contributed by atoms with van der Waals surface area (Å²) in [5.41, 5.74) is 4.95. The number of nitrogens with one attached hydrogen (secondary N) is 1. The van der Waals surface area contributed by atoms with Gasteiger partial charge in [-0.25, -0.2) is 4.39 Å². The highest BCUT2D eigenvalue weighted by molar-refractivity contribution is 6.07. The van der Waals surface area contributed by atoms with Gasteiger partial charge in [-0.2, -0.15) is 0 Å². The van der Waals surface area contributed by atoms with Crippen LogP contribution in [0.3, 0.4) is 0 Å². The molecule has 1 saturated heterocycles. The quantitative estimate of drug-likeness (QED) is 0.338. The number of carbonyl (C=O) groups is 1. The lowest BCUT2D eigenvalue weighted by atomic mass is 10.0. The van der Waals surface area contributed by atoms with Crippen molar-refractivity contribution in [2.75, 3.05) is 11.9 Å². The summed E-state index contributed by atoms with van der Waals surface area (Å²) in [6, 6.07) is 3.63. The van der Waals surface area contributed by atoms with Gasteiger partial charge in [0.1, 0.15) is 11.4 Å². The van der Waals surface area contributed by atoms with Crippen molar-refractivity contribution in [1.29, 1.82) is 0 Å². The zero-order valence-electron chi connectivity index (χ0n) is 11.0. The van der Waals surface area contributed by atoms with Crippen molar-refractivity contribution in [2.24, 2.45) is 10.9 Å². The standard InChI is InChI=1S/C13H16FN3O3/c1-13(5-2-6-20-13)12(18)16-10-4-3-8(14)7-9(10)11(15)17-19/h3-4,7,19H,2,5-6H2,1H3,(H2,15,17)(H,16,18). The van der Waals surface area contributed by atoms with E-state index in [1.165, 1.54) is 12.1 Å². The number of amides is 1. The van der Waals surface area contributed by atoms with Crippen LogP contribution in [-0.4, -0.2) is 29.2 Å². The number of ether oxygens (including phenoxy) is 1. The van der Waals surface area contributed by atoms with Gasteiger partial charge in [-0.1, -0.05) is 5.16 Å². The number of rotatable bonds is 3. The molecule has 4 N–H and O–H groups in total. The minimum atomic E-state index is -0.906. The van der Waals surface area contributed by atoms with Gasteiger partial charge in [0.25, 0.3) is 5.91 Å². The molecule has 1 aliphatic heterocycles.